The summed E-state index contributed by atoms with van der Waals surface area (Å²) >= 11 is 0. The lowest BCUT2D eigenvalue weighted by atomic mass is 9.60. The van der Waals surface area contributed by atoms with Crippen LogP contribution in [0.15, 0.2) is 0 Å². The zero-order valence-electron chi connectivity index (χ0n) is 26.5. The monoisotopic (exact) mass is 527 g/mol. The van der Waals surface area contributed by atoms with Gasteiger partial charge >= 0.3 is 0 Å². The molecular weight excluding hydrogens is 474 g/mol. The first kappa shape index (κ1) is 31.8. The number of terminal acetylenes is 1. The van der Waals surface area contributed by atoms with Crippen LogP contribution in [0.3, 0.4) is 0 Å². The molecule has 0 spiro atoms. The second kappa shape index (κ2) is 9.65. The number of likely N-dealkylation sites (tertiary alicyclic amines) is 1. The molecule has 2 bridgehead atoms. The van der Waals surface area contributed by atoms with Crippen LogP contribution in [-0.2, 0) is 9.59 Å². The van der Waals surface area contributed by atoms with Gasteiger partial charge in [-0.25, -0.2) is 0 Å². The van der Waals surface area contributed by atoms with Gasteiger partial charge in [-0.05, 0) is 53.9 Å². The first-order chi connectivity index (χ1) is 16.9. The molecule has 0 aliphatic carbocycles. The fourth-order valence-electron chi connectivity index (χ4n) is 7.07. The van der Waals surface area contributed by atoms with Crippen molar-refractivity contribution in [2.24, 2.45) is 16.2 Å². The van der Waals surface area contributed by atoms with E-state index in [2.05, 4.69) is 70.9 Å². The summed E-state index contributed by atoms with van der Waals surface area (Å²) < 4.78 is 0. The number of nitriles is 1. The summed E-state index contributed by atoms with van der Waals surface area (Å²) in [7, 11) is 1.88. The van der Waals surface area contributed by atoms with E-state index >= 15 is 0 Å². The van der Waals surface area contributed by atoms with Gasteiger partial charge < -0.3 is 15.1 Å². The van der Waals surface area contributed by atoms with Crippen LogP contribution in [0.1, 0.15) is 109 Å². The first-order valence-corrected chi connectivity index (χ1v) is 14.0. The van der Waals surface area contributed by atoms with E-state index in [9.17, 15) is 14.9 Å². The van der Waals surface area contributed by atoms with Crippen molar-refractivity contribution in [3.05, 3.63) is 0 Å². The van der Waals surface area contributed by atoms with Gasteiger partial charge in [0.05, 0.1) is 28.7 Å². The van der Waals surface area contributed by atoms with Crippen LogP contribution in [0.2, 0.25) is 0 Å². The number of hydrogen-bond acceptors (Lipinski definition) is 5. The molecule has 3 heterocycles. The van der Waals surface area contributed by atoms with Crippen molar-refractivity contribution < 1.29 is 9.59 Å². The second-order valence-electron chi connectivity index (χ2n) is 15.3. The Bertz CT molecular complexity index is 1020. The smallest absolute Gasteiger partial charge is 0.228 e. The summed E-state index contributed by atoms with van der Waals surface area (Å²) in [6.07, 6.45) is 11.2. The Hall–Kier alpha value is -2.41. The van der Waals surface area contributed by atoms with Crippen LogP contribution < -0.4 is 5.32 Å². The van der Waals surface area contributed by atoms with Crippen LogP contribution in [0.25, 0.3) is 0 Å². The number of carbonyl (C=O) groups excluding carboxylic acids is 2. The Balaban J connectivity index is 0.000000279. The van der Waals surface area contributed by atoms with Crippen molar-refractivity contribution in [3.63, 3.8) is 0 Å². The molecule has 3 aliphatic heterocycles. The molecule has 3 saturated heterocycles. The van der Waals surface area contributed by atoms with Crippen LogP contribution in [0, 0.1) is 40.2 Å². The fraction of sp³-hybridized carbons (Fsp3) is 0.839. The van der Waals surface area contributed by atoms with Crippen molar-refractivity contribution in [1.82, 2.24) is 20.0 Å². The van der Waals surface area contributed by atoms with Gasteiger partial charge in [0.2, 0.25) is 11.8 Å². The third kappa shape index (κ3) is 4.65. The topological polar surface area (TPSA) is 79.7 Å². The Labute approximate surface area is 232 Å². The molecule has 3 fully saturated rings. The van der Waals surface area contributed by atoms with Gasteiger partial charge in [0.1, 0.15) is 0 Å². The minimum atomic E-state index is -0.483. The lowest BCUT2D eigenvalue weighted by Gasteiger charge is -2.54. The lowest BCUT2D eigenvalue weighted by molar-refractivity contribution is -0.151. The predicted molar refractivity (Wildman–Crippen MR) is 154 cm³/mol. The number of carbonyl (C=O) groups is 2. The summed E-state index contributed by atoms with van der Waals surface area (Å²) in [5.74, 6) is 0.230. The van der Waals surface area contributed by atoms with E-state index in [4.69, 9.17) is 6.42 Å². The third-order valence-corrected chi connectivity index (χ3v) is 10.5. The van der Waals surface area contributed by atoms with E-state index in [1.165, 1.54) is 6.42 Å². The number of amides is 2. The molecule has 0 aromatic heterocycles. The molecule has 0 aromatic rings. The van der Waals surface area contributed by atoms with Crippen LogP contribution in [-0.4, -0.2) is 68.3 Å². The lowest BCUT2D eigenvalue weighted by Crippen LogP contribution is -2.66. The van der Waals surface area contributed by atoms with E-state index in [0.29, 0.717) is 12.1 Å². The average Bonchev–Trinajstić information content (AvgIpc) is 3.34. The molecule has 214 valence electrons. The minimum Gasteiger partial charge on any atom is -0.351 e. The maximum Gasteiger partial charge on any atom is 0.228 e. The zero-order valence-corrected chi connectivity index (χ0v) is 26.5. The van der Waals surface area contributed by atoms with Gasteiger partial charge in [-0.2, -0.15) is 5.26 Å². The van der Waals surface area contributed by atoms with Crippen LogP contribution in [0.4, 0.5) is 0 Å². The van der Waals surface area contributed by atoms with Crippen molar-refractivity contribution in [2.75, 3.05) is 7.05 Å². The van der Waals surface area contributed by atoms with Gasteiger partial charge in [0.25, 0.3) is 0 Å². The maximum atomic E-state index is 13.0. The highest BCUT2D eigenvalue weighted by Crippen LogP contribution is 2.61. The molecule has 0 saturated carbocycles. The number of fused-ring (bicyclic) bond motifs is 2. The Morgan fingerprint density at radius 1 is 0.947 bits per heavy atom. The largest absolute Gasteiger partial charge is 0.351 e. The van der Waals surface area contributed by atoms with E-state index in [-0.39, 0.29) is 34.2 Å². The highest BCUT2D eigenvalue weighted by Gasteiger charge is 2.72. The number of nitrogens with zero attached hydrogens (tertiary/aromatic N) is 4. The molecular formula is C31H53N5O2. The molecule has 38 heavy (non-hydrogen) atoms. The van der Waals surface area contributed by atoms with E-state index in [1.54, 1.807) is 0 Å². The van der Waals surface area contributed by atoms with Crippen molar-refractivity contribution >= 4 is 11.8 Å². The minimum absolute atomic E-state index is 0.103. The zero-order chi connectivity index (χ0) is 29.9. The summed E-state index contributed by atoms with van der Waals surface area (Å²) in [6, 6.07) is 3.85. The molecule has 7 nitrogen and oxygen atoms in total. The number of likely N-dealkylation sites (N-methyl/N-ethyl adjacent to an activating group) is 1. The maximum absolute atomic E-state index is 13.0. The molecule has 3 rings (SSSR count). The van der Waals surface area contributed by atoms with Gasteiger partial charge in [-0.15, -0.1) is 0 Å². The molecule has 7 heteroatoms. The Kier molecular flexibility index (Phi) is 8.08. The normalized spacial score (nSPS) is 30.6. The van der Waals surface area contributed by atoms with Gasteiger partial charge in [-0.3, -0.25) is 14.5 Å². The van der Waals surface area contributed by atoms with E-state index < -0.39 is 16.5 Å². The molecule has 3 aliphatic rings. The van der Waals surface area contributed by atoms with Crippen LogP contribution in [0.5, 0.6) is 0 Å². The highest BCUT2D eigenvalue weighted by atomic mass is 16.2. The predicted octanol–water partition coefficient (Wildman–Crippen LogP) is 4.97. The summed E-state index contributed by atoms with van der Waals surface area (Å²) in [6.45, 7) is 26.4. The quantitative estimate of drug-likeness (QED) is 0.405. The fourth-order valence-corrected chi connectivity index (χ4v) is 7.07. The average molecular weight is 528 g/mol. The van der Waals surface area contributed by atoms with Gasteiger partial charge in [0.15, 0.2) is 6.19 Å². The van der Waals surface area contributed by atoms with Crippen molar-refractivity contribution in [3.8, 4) is 18.7 Å². The SMILES string of the molecule is C#CN1C2CCC1C(NC(=O)C(C)(C)C)C2.CN(C(=O)C(C)(C)C)C1(C)C(C)(C)N(C#N)C(C)(C)C1(C)C. The second-order valence-corrected chi connectivity index (χ2v) is 15.3. The summed E-state index contributed by atoms with van der Waals surface area (Å²) in [4.78, 5) is 30.7. The number of nitrogens with one attached hydrogen (secondary N) is 1. The standard InChI is InChI=1S/C18H33N3O.C13H20N2O/c1-14(2,3)13(22)20(11)18(10)15(4,5)16(6,7)21(12-19)17(18,8)9;1-5-15-9-6-7-11(15)10(8-9)14-12(16)13(2,3)4/h1-11H3;1,9-11H,6-8H2,2-4H3,(H,14,16). The van der Waals surface area contributed by atoms with Gasteiger partial charge in [0, 0.05) is 35.4 Å². The molecule has 0 radical (unpaired) electrons. The molecule has 4 atom stereocenters. The van der Waals surface area contributed by atoms with Crippen LogP contribution >= 0.6 is 0 Å². The third-order valence-electron chi connectivity index (χ3n) is 10.5. The molecule has 0 aromatic carbocycles. The van der Waals surface area contributed by atoms with E-state index in [0.717, 1.165) is 12.8 Å². The molecule has 1 N–H and O–H groups in total. The number of hydrogen-bond donors (Lipinski definition) is 1. The highest BCUT2D eigenvalue weighted by molar-refractivity contribution is 5.82. The van der Waals surface area contributed by atoms with Crippen molar-refractivity contribution in [2.45, 2.75) is 144 Å². The Morgan fingerprint density at radius 2 is 1.47 bits per heavy atom. The van der Waals surface area contributed by atoms with Crippen molar-refractivity contribution in [1.29, 1.82) is 5.26 Å². The molecule has 4 unspecified atom stereocenters. The summed E-state index contributed by atoms with van der Waals surface area (Å²) in [5, 5.41) is 12.9. The Morgan fingerprint density at radius 3 is 1.84 bits per heavy atom. The number of rotatable bonds is 2. The van der Waals surface area contributed by atoms with E-state index in [1.807, 2.05) is 58.4 Å². The van der Waals surface area contributed by atoms with Gasteiger partial charge in [-0.1, -0.05) is 61.8 Å². The summed E-state index contributed by atoms with van der Waals surface area (Å²) in [5.41, 5.74) is -2.34. The first-order valence-electron chi connectivity index (χ1n) is 14.0. The molecule has 2 amide bonds.